The maximum atomic E-state index is 12.9. The number of hydrogen-bond acceptors (Lipinski definition) is 5. The predicted octanol–water partition coefficient (Wildman–Crippen LogP) is 3.84. The molecule has 150 valence electrons. The SMILES string of the molecule is CCc1ccc(N=c2oc3cc(O)ccc3cc2C(=O)NC[C@H]2CCCO2)cc1. The van der Waals surface area contributed by atoms with Crippen LogP contribution in [-0.4, -0.2) is 30.3 Å². The maximum absolute atomic E-state index is 12.9. The fourth-order valence-corrected chi connectivity index (χ4v) is 3.38. The minimum absolute atomic E-state index is 0.0512. The summed E-state index contributed by atoms with van der Waals surface area (Å²) in [5, 5.41) is 13.4. The predicted molar refractivity (Wildman–Crippen MR) is 110 cm³/mol. The summed E-state index contributed by atoms with van der Waals surface area (Å²) in [7, 11) is 0. The van der Waals surface area contributed by atoms with Crippen LogP contribution in [0.15, 0.2) is 57.9 Å². The van der Waals surface area contributed by atoms with Gasteiger partial charge in [-0.15, -0.1) is 0 Å². The van der Waals surface area contributed by atoms with Crippen LogP contribution < -0.4 is 10.9 Å². The fourth-order valence-electron chi connectivity index (χ4n) is 3.38. The van der Waals surface area contributed by atoms with Crippen LogP contribution in [0.3, 0.4) is 0 Å². The van der Waals surface area contributed by atoms with Gasteiger partial charge in [-0.1, -0.05) is 19.1 Å². The van der Waals surface area contributed by atoms with E-state index in [0.29, 0.717) is 28.8 Å². The summed E-state index contributed by atoms with van der Waals surface area (Å²) in [6.45, 7) is 3.29. The number of rotatable bonds is 5. The van der Waals surface area contributed by atoms with Crippen molar-refractivity contribution in [2.24, 2.45) is 4.99 Å². The number of phenolic OH excluding ortho intramolecular Hbond substituents is 1. The number of aromatic hydroxyl groups is 1. The molecular weight excluding hydrogens is 368 g/mol. The quantitative estimate of drug-likeness (QED) is 0.691. The van der Waals surface area contributed by atoms with Crippen molar-refractivity contribution in [3.05, 3.63) is 65.2 Å². The number of phenols is 1. The van der Waals surface area contributed by atoms with Crippen molar-refractivity contribution in [1.82, 2.24) is 5.32 Å². The highest BCUT2D eigenvalue weighted by atomic mass is 16.5. The zero-order valence-electron chi connectivity index (χ0n) is 16.4. The summed E-state index contributed by atoms with van der Waals surface area (Å²) < 4.78 is 11.5. The van der Waals surface area contributed by atoms with E-state index in [1.54, 1.807) is 18.2 Å². The molecule has 0 saturated carbocycles. The standard InChI is InChI=1S/C23H24N2O4/c1-2-15-5-8-17(9-6-15)25-23-20(22(27)24-14-19-4-3-11-28-19)12-16-7-10-18(26)13-21(16)29-23/h5-10,12-13,19,26H,2-4,11,14H2,1H3,(H,24,27)/t19-/m1/s1. The van der Waals surface area contributed by atoms with Crippen LogP contribution in [0.1, 0.15) is 35.7 Å². The molecule has 0 aliphatic carbocycles. The zero-order chi connectivity index (χ0) is 20.2. The lowest BCUT2D eigenvalue weighted by molar-refractivity contribution is 0.0854. The number of hydrogen-bond donors (Lipinski definition) is 2. The molecule has 2 aromatic carbocycles. The topological polar surface area (TPSA) is 84.1 Å². The van der Waals surface area contributed by atoms with Crippen molar-refractivity contribution in [2.75, 3.05) is 13.2 Å². The van der Waals surface area contributed by atoms with Gasteiger partial charge in [-0.25, -0.2) is 4.99 Å². The van der Waals surface area contributed by atoms with Crippen molar-refractivity contribution in [2.45, 2.75) is 32.3 Å². The number of carbonyl (C=O) groups excluding carboxylic acids is 1. The maximum Gasteiger partial charge on any atom is 0.256 e. The summed E-state index contributed by atoms with van der Waals surface area (Å²) in [5.41, 5.74) is 2.92. The van der Waals surface area contributed by atoms with E-state index in [9.17, 15) is 9.90 Å². The normalized spacial score (nSPS) is 17.0. The first-order valence-corrected chi connectivity index (χ1v) is 9.93. The summed E-state index contributed by atoms with van der Waals surface area (Å²) >= 11 is 0. The van der Waals surface area contributed by atoms with E-state index in [1.807, 2.05) is 24.3 Å². The molecule has 6 nitrogen and oxygen atoms in total. The van der Waals surface area contributed by atoms with Crippen LogP contribution in [0.4, 0.5) is 5.69 Å². The molecule has 1 aliphatic rings. The first-order valence-electron chi connectivity index (χ1n) is 9.93. The number of carbonyl (C=O) groups is 1. The fraction of sp³-hybridized carbons (Fsp3) is 0.304. The van der Waals surface area contributed by atoms with Gasteiger partial charge in [0.15, 0.2) is 0 Å². The van der Waals surface area contributed by atoms with Gasteiger partial charge in [-0.05, 0) is 55.2 Å². The largest absolute Gasteiger partial charge is 0.508 e. The first-order chi connectivity index (χ1) is 14.1. The average molecular weight is 392 g/mol. The number of benzene rings is 2. The lowest BCUT2D eigenvalue weighted by atomic mass is 10.1. The Hall–Kier alpha value is -3.12. The lowest BCUT2D eigenvalue weighted by Crippen LogP contribution is -2.34. The molecule has 2 heterocycles. The highest BCUT2D eigenvalue weighted by Crippen LogP contribution is 2.20. The molecular formula is C23H24N2O4. The van der Waals surface area contributed by atoms with E-state index in [2.05, 4.69) is 17.2 Å². The van der Waals surface area contributed by atoms with Gasteiger partial charge in [0.05, 0.1) is 11.8 Å². The van der Waals surface area contributed by atoms with Crippen molar-refractivity contribution in [3.63, 3.8) is 0 Å². The number of aryl methyl sites for hydroxylation is 1. The summed E-state index contributed by atoms with van der Waals surface area (Å²) in [4.78, 5) is 17.4. The van der Waals surface area contributed by atoms with Crippen molar-refractivity contribution >= 4 is 22.6 Å². The highest BCUT2D eigenvalue weighted by Gasteiger charge is 2.18. The molecule has 6 heteroatoms. The molecule has 1 amide bonds. The third-order valence-corrected chi connectivity index (χ3v) is 5.07. The molecule has 0 radical (unpaired) electrons. The van der Waals surface area contributed by atoms with Crippen molar-refractivity contribution in [3.8, 4) is 5.75 Å². The molecule has 4 rings (SSSR count). The molecule has 1 aliphatic heterocycles. The van der Waals surface area contributed by atoms with Crippen LogP contribution in [0, 0.1) is 0 Å². The van der Waals surface area contributed by atoms with Crippen LogP contribution in [0.2, 0.25) is 0 Å². The molecule has 0 bridgehead atoms. The van der Waals surface area contributed by atoms with E-state index in [4.69, 9.17) is 9.15 Å². The molecule has 1 fully saturated rings. The van der Waals surface area contributed by atoms with Crippen molar-refractivity contribution in [1.29, 1.82) is 0 Å². The second kappa shape index (κ2) is 8.49. The molecule has 0 unspecified atom stereocenters. The zero-order valence-corrected chi connectivity index (χ0v) is 16.4. The Morgan fingerprint density at radius 2 is 2.03 bits per heavy atom. The monoisotopic (exact) mass is 392 g/mol. The van der Waals surface area contributed by atoms with E-state index >= 15 is 0 Å². The smallest absolute Gasteiger partial charge is 0.256 e. The first kappa shape index (κ1) is 19.2. The van der Waals surface area contributed by atoms with Gasteiger partial charge in [-0.3, -0.25) is 4.79 Å². The second-order valence-corrected chi connectivity index (χ2v) is 7.16. The van der Waals surface area contributed by atoms with E-state index < -0.39 is 0 Å². The van der Waals surface area contributed by atoms with Gasteiger partial charge < -0.3 is 19.6 Å². The third-order valence-electron chi connectivity index (χ3n) is 5.07. The van der Waals surface area contributed by atoms with Gasteiger partial charge >= 0.3 is 0 Å². The van der Waals surface area contributed by atoms with Crippen molar-refractivity contribution < 1.29 is 19.1 Å². The van der Waals surface area contributed by atoms with E-state index in [0.717, 1.165) is 25.9 Å². The van der Waals surface area contributed by atoms with Gasteiger partial charge in [0.2, 0.25) is 5.55 Å². The van der Waals surface area contributed by atoms with Crippen LogP contribution in [0.25, 0.3) is 11.0 Å². The van der Waals surface area contributed by atoms with E-state index in [1.165, 1.54) is 11.6 Å². The van der Waals surface area contributed by atoms with E-state index in [-0.39, 0.29) is 23.3 Å². The van der Waals surface area contributed by atoms with Gasteiger partial charge in [-0.2, -0.15) is 0 Å². The van der Waals surface area contributed by atoms with Crippen LogP contribution in [0.5, 0.6) is 5.75 Å². The number of ether oxygens (including phenoxy) is 1. The Morgan fingerprint density at radius 1 is 1.21 bits per heavy atom. The molecule has 1 aromatic heterocycles. The third kappa shape index (κ3) is 4.49. The minimum atomic E-state index is -0.261. The number of fused-ring (bicyclic) bond motifs is 1. The Balaban J connectivity index is 1.73. The molecule has 1 atom stereocenters. The number of nitrogens with one attached hydrogen (secondary N) is 1. The second-order valence-electron chi connectivity index (χ2n) is 7.16. The molecule has 1 saturated heterocycles. The summed E-state index contributed by atoms with van der Waals surface area (Å²) in [6, 6.07) is 14.3. The van der Waals surface area contributed by atoms with Crippen LogP contribution >= 0.6 is 0 Å². The molecule has 2 N–H and O–H groups in total. The van der Waals surface area contributed by atoms with Crippen LogP contribution in [-0.2, 0) is 11.2 Å². The molecule has 29 heavy (non-hydrogen) atoms. The minimum Gasteiger partial charge on any atom is -0.508 e. The van der Waals surface area contributed by atoms with Gasteiger partial charge in [0, 0.05) is 24.6 Å². The Labute approximate surface area is 168 Å². The Bertz CT molecular complexity index is 1080. The highest BCUT2D eigenvalue weighted by molar-refractivity contribution is 5.96. The molecule has 0 spiro atoms. The van der Waals surface area contributed by atoms with Gasteiger partial charge in [0.1, 0.15) is 16.9 Å². The Kier molecular flexibility index (Phi) is 5.62. The average Bonchev–Trinajstić information content (AvgIpc) is 3.26. The number of nitrogens with zero attached hydrogens (tertiary/aromatic N) is 1. The summed E-state index contributed by atoms with van der Waals surface area (Å²) in [5.74, 6) is -0.168. The Morgan fingerprint density at radius 3 is 2.76 bits per heavy atom. The molecule has 3 aromatic rings. The number of amides is 1. The van der Waals surface area contributed by atoms with Gasteiger partial charge in [0.25, 0.3) is 5.91 Å². The lowest BCUT2D eigenvalue weighted by Gasteiger charge is -2.11. The summed E-state index contributed by atoms with van der Waals surface area (Å²) in [6.07, 6.45) is 2.96.